The van der Waals surface area contributed by atoms with E-state index in [2.05, 4.69) is 22.0 Å². The van der Waals surface area contributed by atoms with Crippen LogP contribution in [0.25, 0.3) is 0 Å². The highest BCUT2D eigenvalue weighted by atomic mass is 35.5. The van der Waals surface area contributed by atoms with Crippen molar-refractivity contribution in [2.45, 2.75) is 70.6 Å². The topological polar surface area (TPSA) is 131 Å². The molecule has 1 aromatic carbocycles. The normalized spacial score (nSPS) is 21.5. The van der Waals surface area contributed by atoms with Gasteiger partial charge >= 0.3 is 0 Å². The van der Waals surface area contributed by atoms with Crippen molar-refractivity contribution in [3.8, 4) is 6.07 Å². The van der Waals surface area contributed by atoms with E-state index in [0.717, 1.165) is 12.8 Å². The Balaban J connectivity index is 1.71. The minimum absolute atomic E-state index is 0.108. The summed E-state index contributed by atoms with van der Waals surface area (Å²) in [6.07, 6.45) is 3.28. The predicted molar refractivity (Wildman–Crippen MR) is 127 cm³/mol. The van der Waals surface area contributed by atoms with Crippen molar-refractivity contribution in [1.82, 2.24) is 16.0 Å². The number of nitrogens with zero attached hydrogens (tertiary/aromatic N) is 1. The van der Waals surface area contributed by atoms with Crippen LogP contribution >= 0.6 is 11.6 Å². The van der Waals surface area contributed by atoms with Gasteiger partial charge in [0.05, 0.1) is 11.5 Å². The van der Waals surface area contributed by atoms with Gasteiger partial charge in [-0.3, -0.25) is 14.4 Å². The number of nitrogens with one attached hydrogen (secondary N) is 3. The lowest BCUT2D eigenvalue weighted by atomic mass is 9.71. The molecule has 1 saturated carbocycles. The SMILES string of the molecule is CC(C)(C(=O)N[C@@H](CC1CC1)C(=O)N[C@H](C#N)C[C@@H]1CCNC1=O)C(C)(O)c1ccc(Cl)cc1. The summed E-state index contributed by atoms with van der Waals surface area (Å²) in [6.45, 7) is 5.38. The van der Waals surface area contributed by atoms with Gasteiger partial charge in [0.15, 0.2) is 0 Å². The van der Waals surface area contributed by atoms with Crippen LogP contribution in [0.2, 0.25) is 5.02 Å². The Morgan fingerprint density at radius 1 is 1.18 bits per heavy atom. The summed E-state index contributed by atoms with van der Waals surface area (Å²) >= 11 is 5.96. The molecule has 1 aliphatic carbocycles. The number of hydrogen-bond donors (Lipinski definition) is 4. The molecule has 0 bridgehead atoms. The number of carbonyl (C=O) groups excluding carboxylic acids is 3. The average molecular weight is 489 g/mol. The second kappa shape index (κ2) is 10.3. The van der Waals surface area contributed by atoms with Gasteiger partial charge in [-0.05, 0) is 63.6 Å². The third-order valence-electron chi connectivity index (χ3n) is 7.23. The van der Waals surface area contributed by atoms with Gasteiger partial charge in [0, 0.05) is 17.5 Å². The molecule has 184 valence electrons. The second-order valence-electron chi connectivity index (χ2n) is 10.1. The number of carbonyl (C=O) groups is 3. The zero-order chi connectivity index (χ0) is 25.1. The molecule has 1 heterocycles. The van der Waals surface area contributed by atoms with Crippen molar-refractivity contribution >= 4 is 29.3 Å². The molecule has 4 atom stereocenters. The molecule has 0 aromatic heterocycles. The van der Waals surface area contributed by atoms with Crippen molar-refractivity contribution in [2.75, 3.05) is 6.54 Å². The lowest BCUT2D eigenvalue weighted by molar-refractivity contribution is -0.148. The molecule has 4 N–H and O–H groups in total. The van der Waals surface area contributed by atoms with E-state index in [1.807, 2.05) is 0 Å². The minimum atomic E-state index is -1.53. The Morgan fingerprint density at radius 3 is 2.35 bits per heavy atom. The maximum Gasteiger partial charge on any atom is 0.243 e. The van der Waals surface area contributed by atoms with E-state index in [0.29, 0.717) is 35.9 Å². The largest absolute Gasteiger partial charge is 0.384 e. The van der Waals surface area contributed by atoms with Crippen LogP contribution in [0, 0.1) is 28.6 Å². The zero-order valence-corrected chi connectivity index (χ0v) is 20.6. The van der Waals surface area contributed by atoms with Gasteiger partial charge in [-0.1, -0.05) is 36.6 Å². The van der Waals surface area contributed by atoms with E-state index in [1.54, 1.807) is 45.0 Å². The van der Waals surface area contributed by atoms with Gasteiger partial charge in [-0.25, -0.2) is 0 Å². The van der Waals surface area contributed by atoms with Crippen LogP contribution in [0.4, 0.5) is 0 Å². The number of nitriles is 1. The molecule has 1 unspecified atom stereocenters. The first-order valence-corrected chi connectivity index (χ1v) is 12.1. The molecule has 1 aliphatic heterocycles. The van der Waals surface area contributed by atoms with Gasteiger partial charge in [-0.2, -0.15) is 5.26 Å². The highest BCUT2D eigenvalue weighted by Crippen LogP contribution is 2.40. The summed E-state index contributed by atoms with van der Waals surface area (Å²) in [6, 6.07) is 7.03. The minimum Gasteiger partial charge on any atom is -0.384 e. The summed E-state index contributed by atoms with van der Waals surface area (Å²) in [5.74, 6) is -1.01. The molecule has 34 heavy (non-hydrogen) atoms. The van der Waals surface area contributed by atoms with E-state index in [1.165, 1.54) is 0 Å². The molecule has 8 nitrogen and oxygen atoms in total. The first-order chi connectivity index (χ1) is 16.0. The summed E-state index contributed by atoms with van der Waals surface area (Å²) < 4.78 is 0. The monoisotopic (exact) mass is 488 g/mol. The summed E-state index contributed by atoms with van der Waals surface area (Å²) in [5.41, 5.74) is -2.29. The van der Waals surface area contributed by atoms with Gasteiger partial charge in [-0.15, -0.1) is 0 Å². The molecule has 3 rings (SSSR count). The van der Waals surface area contributed by atoms with Crippen LogP contribution in [-0.4, -0.2) is 41.5 Å². The van der Waals surface area contributed by atoms with Gasteiger partial charge in [0.25, 0.3) is 0 Å². The van der Waals surface area contributed by atoms with Crippen LogP contribution in [0.3, 0.4) is 0 Å². The molecule has 3 amide bonds. The van der Waals surface area contributed by atoms with Crippen LogP contribution in [0.5, 0.6) is 0 Å². The molecule has 1 aromatic rings. The maximum atomic E-state index is 13.4. The molecule has 9 heteroatoms. The standard InChI is InChI=1S/C25H33ClN4O4/c1-24(2,25(3,34)17-6-8-18(26)9-7-17)23(33)30-20(12-15-4-5-15)22(32)29-19(14-27)13-16-10-11-28-21(16)31/h6-9,15-16,19-20,34H,4-5,10-13H2,1-3H3,(H,28,31)(H,29,32)(H,30,33)/t16-,19-,20-,25?/m0/s1. The lowest BCUT2D eigenvalue weighted by Gasteiger charge is -2.40. The molecule has 0 radical (unpaired) electrons. The maximum absolute atomic E-state index is 13.4. The molecule has 2 aliphatic rings. The Morgan fingerprint density at radius 2 is 1.82 bits per heavy atom. The molecular formula is C25H33ClN4O4. The smallest absolute Gasteiger partial charge is 0.243 e. The molecule has 0 spiro atoms. The van der Waals surface area contributed by atoms with Gasteiger partial charge in [0.2, 0.25) is 17.7 Å². The van der Waals surface area contributed by atoms with Crippen LogP contribution < -0.4 is 16.0 Å². The number of rotatable bonds is 10. The predicted octanol–water partition coefficient (Wildman–Crippen LogP) is 2.39. The molecule has 1 saturated heterocycles. The number of hydrogen-bond acceptors (Lipinski definition) is 5. The van der Waals surface area contributed by atoms with Gasteiger partial charge in [0.1, 0.15) is 17.7 Å². The quantitative estimate of drug-likeness (QED) is 0.401. The van der Waals surface area contributed by atoms with E-state index in [9.17, 15) is 24.8 Å². The summed E-state index contributed by atoms with van der Waals surface area (Å²) in [4.78, 5) is 38.3. The highest BCUT2D eigenvalue weighted by molar-refractivity contribution is 6.30. The van der Waals surface area contributed by atoms with Crippen LogP contribution in [0.1, 0.15) is 58.4 Å². The molecular weight excluding hydrogens is 456 g/mol. The first-order valence-electron chi connectivity index (χ1n) is 11.7. The second-order valence-corrected chi connectivity index (χ2v) is 10.5. The fraction of sp³-hybridized carbons (Fsp3) is 0.600. The summed E-state index contributed by atoms with van der Waals surface area (Å²) in [5, 5.41) is 29.6. The Hall–Kier alpha value is -2.63. The summed E-state index contributed by atoms with van der Waals surface area (Å²) in [7, 11) is 0. The van der Waals surface area contributed by atoms with Crippen molar-refractivity contribution in [3.05, 3.63) is 34.9 Å². The first kappa shape index (κ1) is 26.0. The third kappa shape index (κ3) is 5.89. The van der Waals surface area contributed by atoms with E-state index >= 15 is 0 Å². The Bertz CT molecular complexity index is 966. The highest BCUT2D eigenvalue weighted by Gasteiger charge is 2.47. The van der Waals surface area contributed by atoms with Crippen molar-refractivity contribution in [1.29, 1.82) is 5.26 Å². The number of amides is 3. The van der Waals surface area contributed by atoms with Crippen LogP contribution in [0.15, 0.2) is 24.3 Å². The van der Waals surface area contributed by atoms with E-state index in [-0.39, 0.29) is 18.2 Å². The zero-order valence-electron chi connectivity index (χ0n) is 19.9. The number of benzene rings is 1. The Labute approximate surface area is 205 Å². The fourth-order valence-electron chi connectivity index (χ4n) is 4.18. The van der Waals surface area contributed by atoms with Crippen molar-refractivity contribution < 1.29 is 19.5 Å². The number of aliphatic hydroxyl groups is 1. The van der Waals surface area contributed by atoms with Crippen LogP contribution in [-0.2, 0) is 20.0 Å². The van der Waals surface area contributed by atoms with E-state index < -0.39 is 34.9 Å². The van der Waals surface area contributed by atoms with E-state index in [4.69, 9.17) is 11.6 Å². The van der Waals surface area contributed by atoms with Crippen molar-refractivity contribution in [2.24, 2.45) is 17.3 Å². The molecule has 2 fully saturated rings. The fourth-order valence-corrected chi connectivity index (χ4v) is 4.31. The Kier molecular flexibility index (Phi) is 7.89. The third-order valence-corrected chi connectivity index (χ3v) is 7.49. The van der Waals surface area contributed by atoms with Gasteiger partial charge < -0.3 is 21.1 Å². The average Bonchev–Trinajstić information content (AvgIpc) is 3.52. The van der Waals surface area contributed by atoms with Crippen molar-refractivity contribution in [3.63, 3.8) is 0 Å². The lowest BCUT2D eigenvalue weighted by Crippen LogP contribution is -2.56. The number of halogens is 1.